The maximum atomic E-state index is 13.3. The molecule has 2 atom stereocenters. The molecule has 176 valence electrons. The fourth-order valence-corrected chi connectivity index (χ4v) is 8.37. The molecule has 0 unspecified atom stereocenters. The Balaban J connectivity index is 1.84. The third kappa shape index (κ3) is 6.27. The zero-order valence-corrected chi connectivity index (χ0v) is 20.3. The van der Waals surface area contributed by atoms with Crippen LogP contribution in [0.4, 0.5) is 0 Å². The Morgan fingerprint density at radius 2 is 1.19 bits per heavy atom. The molecule has 0 N–H and O–H groups in total. The number of benzene rings is 1. The summed E-state index contributed by atoms with van der Waals surface area (Å²) in [6, 6.07) is 4.16. The molecular formula is C21H34N2O6S2. The van der Waals surface area contributed by atoms with E-state index < -0.39 is 19.7 Å². The van der Waals surface area contributed by atoms with E-state index in [4.69, 9.17) is 9.47 Å². The molecule has 2 saturated heterocycles. The minimum absolute atomic E-state index is 0.0817. The monoisotopic (exact) mass is 474 g/mol. The molecule has 31 heavy (non-hydrogen) atoms. The molecule has 2 fully saturated rings. The van der Waals surface area contributed by atoms with Crippen molar-refractivity contribution in [2.75, 3.05) is 64.1 Å². The molecular weight excluding hydrogens is 440 g/mol. The van der Waals surface area contributed by atoms with E-state index in [0.29, 0.717) is 52.6 Å². The summed E-state index contributed by atoms with van der Waals surface area (Å²) in [5, 5.41) is 0. The normalized spacial score (nSPS) is 21.6. The summed E-state index contributed by atoms with van der Waals surface area (Å²) in [7, 11) is -7.60. The van der Waals surface area contributed by atoms with E-state index in [1.807, 2.05) is 13.8 Å². The van der Waals surface area contributed by atoms with E-state index in [9.17, 15) is 16.8 Å². The van der Waals surface area contributed by atoms with Gasteiger partial charge in [-0.3, -0.25) is 9.80 Å². The molecule has 1 aromatic carbocycles. The van der Waals surface area contributed by atoms with Crippen molar-refractivity contribution in [1.82, 2.24) is 9.80 Å². The third-order valence-electron chi connectivity index (χ3n) is 6.03. The zero-order valence-electron chi connectivity index (χ0n) is 18.6. The van der Waals surface area contributed by atoms with Crippen molar-refractivity contribution in [3.8, 4) is 0 Å². The first-order chi connectivity index (χ1) is 14.6. The SMILES string of the molecule is Cc1ccc(S(=O)(=O)C[C@@H](C)N2CCOCC2)c(S(=O)(=O)C[C@@H](C)N2CCOCC2)c1. The number of nitrogens with zero attached hydrogens (tertiary/aromatic N) is 2. The Morgan fingerprint density at radius 3 is 1.65 bits per heavy atom. The summed E-state index contributed by atoms with van der Waals surface area (Å²) in [5.41, 5.74) is 0.720. The van der Waals surface area contributed by atoms with Gasteiger partial charge in [-0.15, -0.1) is 0 Å². The van der Waals surface area contributed by atoms with Crippen molar-refractivity contribution >= 4 is 19.7 Å². The second-order valence-corrected chi connectivity index (χ2v) is 12.5. The van der Waals surface area contributed by atoms with Crippen LogP contribution in [0.1, 0.15) is 19.4 Å². The van der Waals surface area contributed by atoms with Crippen LogP contribution in [0.25, 0.3) is 0 Å². The topological polar surface area (TPSA) is 93.2 Å². The lowest BCUT2D eigenvalue weighted by molar-refractivity contribution is 0.0243. The molecule has 10 heteroatoms. The molecule has 3 rings (SSSR count). The predicted molar refractivity (Wildman–Crippen MR) is 119 cm³/mol. The summed E-state index contributed by atoms with van der Waals surface area (Å²) in [4.78, 5) is 3.98. The third-order valence-corrected chi connectivity index (χ3v) is 10.0. The largest absolute Gasteiger partial charge is 0.379 e. The van der Waals surface area contributed by atoms with Crippen LogP contribution < -0.4 is 0 Å². The molecule has 0 saturated carbocycles. The summed E-state index contributed by atoms with van der Waals surface area (Å²) in [6.45, 7) is 10.5. The Labute approximate surface area is 186 Å². The van der Waals surface area contributed by atoms with Gasteiger partial charge in [-0.2, -0.15) is 0 Å². The van der Waals surface area contributed by atoms with Crippen LogP contribution in [-0.4, -0.2) is 103 Å². The Bertz CT molecular complexity index is 952. The molecule has 0 bridgehead atoms. The highest BCUT2D eigenvalue weighted by molar-refractivity contribution is 7.94. The molecule has 0 aromatic heterocycles. The first-order valence-corrected chi connectivity index (χ1v) is 14.1. The quantitative estimate of drug-likeness (QED) is 0.551. The van der Waals surface area contributed by atoms with Crippen LogP contribution in [0.3, 0.4) is 0 Å². The smallest absolute Gasteiger partial charge is 0.181 e. The van der Waals surface area contributed by atoms with Gasteiger partial charge in [0.2, 0.25) is 0 Å². The van der Waals surface area contributed by atoms with Crippen molar-refractivity contribution < 1.29 is 26.3 Å². The summed E-state index contributed by atoms with van der Waals surface area (Å²) in [5.74, 6) is -0.254. The van der Waals surface area contributed by atoms with Crippen LogP contribution >= 0.6 is 0 Å². The van der Waals surface area contributed by atoms with Crippen LogP contribution in [0.5, 0.6) is 0 Å². The van der Waals surface area contributed by atoms with Gasteiger partial charge in [0.1, 0.15) is 0 Å². The van der Waals surface area contributed by atoms with Crippen LogP contribution in [0.15, 0.2) is 28.0 Å². The van der Waals surface area contributed by atoms with Gasteiger partial charge < -0.3 is 9.47 Å². The number of ether oxygens (including phenoxy) is 2. The fourth-order valence-electron chi connectivity index (χ4n) is 4.18. The van der Waals surface area contributed by atoms with Crippen LogP contribution in [-0.2, 0) is 29.1 Å². The first-order valence-electron chi connectivity index (χ1n) is 10.8. The van der Waals surface area contributed by atoms with Gasteiger partial charge in [-0.05, 0) is 38.5 Å². The predicted octanol–water partition coefficient (Wildman–Crippen LogP) is 0.984. The van der Waals surface area contributed by atoms with Crippen molar-refractivity contribution in [2.45, 2.75) is 42.6 Å². The Kier molecular flexibility index (Phi) is 8.15. The van der Waals surface area contributed by atoms with Crippen molar-refractivity contribution in [3.05, 3.63) is 23.8 Å². The minimum Gasteiger partial charge on any atom is -0.379 e. The molecule has 2 aliphatic heterocycles. The van der Waals surface area contributed by atoms with Crippen LogP contribution in [0.2, 0.25) is 0 Å². The summed E-state index contributed by atoms with van der Waals surface area (Å²) >= 11 is 0. The van der Waals surface area contributed by atoms with Gasteiger partial charge in [0, 0.05) is 38.3 Å². The minimum atomic E-state index is -3.80. The van der Waals surface area contributed by atoms with E-state index in [1.54, 1.807) is 13.0 Å². The van der Waals surface area contributed by atoms with Crippen molar-refractivity contribution in [3.63, 3.8) is 0 Å². The van der Waals surface area contributed by atoms with E-state index in [0.717, 1.165) is 5.56 Å². The Morgan fingerprint density at radius 1 is 0.774 bits per heavy atom. The maximum Gasteiger partial charge on any atom is 0.181 e. The molecule has 0 amide bonds. The molecule has 0 aliphatic carbocycles. The second kappa shape index (κ2) is 10.3. The average molecular weight is 475 g/mol. The molecule has 2 heterocycles. The lowest BCUT2D eigenvalue weighted by Crippen LogP contribution is -2.45. The summed E-state index contributed by atoms with van der Waals surface area (Å²) < 4.78 is 64.0. The molecule has 0 spiro atoms. The maximum absolute atomic E-state index is 13.3. The second-order valence-electron chi connectivity index (χ2n) is 8.51. The lowest BCUT2D eigenvalue weighted by atomic mass is 10.2. The van der Waals surface area contributed by atoms with Crippen LogP contribution in [0, 0.1) is 6.92 Å². The average Bonchev–Trinajstić information content (AvgIpc) is 2.74. The van der Waals surface area contributed by atoms with Gasteiger partial charge in [-0.25, -0.2) is 16.8 Å². The first kappa shape index (κ1) is 24.6. The number of morpholine rings is 2. The number of rotatable bonds is 8. The van der Waals surface area contributed by atoms with E-state index in [-0.39, 0.29) is 33.4 Å². The molecule has 8 nitrogen and oxygen atoms in total. The van der Waals surface area contributed by atoms with Gasteiger partial charge in [0.05, 0.1) is 47.7 Å². The van der Waals surface area contributed by atoms with Gasteiger partial charge >= 0.3 is 0 Å². The highest BCUT2D eigenvalue weighted by Crippen LogP contribution is 2.27. The lowest BCUT2D eigenvalue weighted by Gasteiger charge is -2.32. The number of aryl methyl sites for hydroxylation is 1. The highest BCUT2D eigenvalue weighted by Gasteiger charge is 2.32. The van der Waals surface area contributed by atoms with E-state index in [2.05, 4.69) is 9.80 Å². The number of sulfone groups is 2. The zero-order chi connectivity index (χ0) is 22.6. The molecule has 0 radical (unpaired) electrons. The van der Waals surface area contributed by atoms with Gasteiger partial charge in [0.15, 0.2) is 19.7 Å². The fraction of sp³-hybridized carbons (Fsp3) is 0.714. The number of hydrogen-bond acceptors (Lipinski definition) is 8. The number of hydrogen-bond donors (Lipinski definition) is 0. The molecule has 1 aromatic rings. The summed E-state index contributed by atoms with van der Waals surface area (Å²) in [6.07, 6.45) is 0. The van der Waals surface area contributed by atoms with E-state index in [1.165, 1.54) is 12.1 Å². The van der Waals surface area contributed by atoms with Gasteiger partial charge in [0.25, 0.3) is 0 Å². The van der Waals surface area contributed by atoms with Crippen molar-refractivity contribution in [1.29, 1.82) is 0 Å². The highest BCUT2D eigenvalue weighted by atomic mass is 32.2. The van der Waals surface area contributed by atoms with Gasteiger partial charge in [-0.1, -0.05) is 6.07 Å². The van der Waals surface area contributed by atoms with E-state index >= 15 is 0 Å². The van der Waals surface area contributed by atoms with Crippen molar-refractivity contribution in [2.24, 2.45) is 0 Å². The standard InChI is InChI=1S/C21H34N2O6S2/c1-17-4-5-20(30(24,25)15-18(2)22-6-10-28-11-7-22)21(14-17)31(26,27)16-19(3)23-8-12-29-13-9-23/h4-5,14,18-19H,6-13,15-16H2,1-3H3/t18-,19-/m1/s1. The molecule has 2 aliphatic rings. The Hall–Kier alpha value is -1.04.